The van der Waals surface area contributed by atoms with E-state index >= 15 is 0 Å². The molecule has 0 bridgehead atoms. The number of methoxy groups -OCH3 is 1. The molecule has 0 fully saturated rings. The highest BCUT2D eigenvalue weighted by molar-refractivity contribution is 5.30. The summed E-state index contributed by atoms with van der Waals surface area (Å²) in [6.45, 7) is 0.693. The zero-order valence-corrected chi connectivity index (χ0v) is 11.3. The lowest BCUT2D eigenvalue weighted by Crippen LogP contribution is -2.26. The van der Waals surface area contributed by atoms with Gasteiger partial charge >= 0.3 is 6.18 Å². The Morgan fingerprint density at radius 2 is 2.00 bits per heavy atom. The molecule has 1 rings (SSSR count). The number of nitrogens with one attached hydrogen (secondary N) is 1. The van der Waals surface area contributed by atoms with Crippen LogP contribution in [-0.4, -0.2) is 33.0 Å². The second-order valence-corrected chi connectivity index (χ2v) is 4.24. The van der Waals surface area contributed by atoms with Crippen molar-refractivity contribution >= 4 is 0 Å². The van der Waals surface area contributed by atoms with Crippen LogP contribution in [0.1, 0.15) is 18.5 Å². The van der Waals surface area contributed by atoms with E-state index in [0.717, 1.165) is 0 Å². The Balaban J connectivity index is 2.36. The lowest BCUT2D eigenvalue weighted by Gasteiger charge is -2.15. The third-order valence-electron chi connectivity index (χ3n) is 2.64. The molecule has 0 saturated carbocycles. The third-order valence-corrected chi connectivity index (χ3v) is 2.64. The van der Waals surface area contributed by atoms with Crippen molar-refractivity contribution in [3.8, 4) is 5.75 Å². The van der Waals surface area contributed by atoms with Gasteiger partial charge in [-0.3, -0.25) is 0 Å². The molecule has 1 aromatic rings. The number of benzene rings is 1. The van der Waals surface area contributed by atoms with Gasteiger partial charge < -0.3 is 14.8 Å². The standard InChI is InChI=1S/C13H17F4NO2/c1-9(18-5-6-20-8-13(15,16)17)10-3-4-12(19-2)11(14)7-10/h3-4,7,9,18H,5-6,8H2,1-2H3. The molecule has 0 aromatic heterocycles. The largest absolute Gasteiger partial charge is 0.494 e. The summed E-state index contributed by atoms with van der Waals surface area (Å²) in [5, 5.41) is 2.95. The van der Waals surface area contributed by atoms with E-state index in [2.05, 4.69) is 10.1 Å². The van der Waals surface area contributed by atoms with Crippen LogP contribution in [-0.2, 0) is 4.74 Å². The molecule has 3 nitrogen and oxygen atoms in total. The molecule has 0 aliphatic carbocycles. The summed E-state index contributed by atoms with van der Waals surface area (Å²) in [4.78, 5) is 0. The quantitative estimate of drug-likeness (QED) is 0.619. The maximum atomic E-state index is 13.5. The maximum absolute atomic E-state index is 13.5. The van der Waals surface area contributed by atoms with E-state index in [9.17, 15) is 17.6 Å². The minimum atomic E-state index is -4.31. The molecular weight excluding hydrogens is 278 g/mol. The number of alkyl halides is 3. The minimum Gasteiger partial charge on any atom is -0.494 e. The van der Waals surface area contributed by atoms with Crippen molar-refractivity contribution in [3.05, 3.63) is 29.6 Å². The molecule has 0 radical (unpaired) electrons. The Morgan fingerprint density at radius 1 is 1.30 bits per heavy atom. The van der Waals surface area contributed by atoms with Crippen LogP contribution >= 0.6 is 0 Å². The van der Waals surface area contributed by atoms with E-state index in [-0.39, 0.29) is 24.9 Å². The Morgan fingerprint density at radius 3 is 2.55 bits per heavy atom. The topological polar surface area (TPSA) is 30.5 Å². The van der Waals surface area contributed by atoms with Crippen molar-refractivity contribution in [1.82, 2.24) is 5.32 Å². The van der Waals surface area contributed by atoms with E-state index in [1.54, 1.807) is 13.0 Å². The lowest BCUT2D eigenvalue weighted by molar-refractivity contribution is -0.173. The van der Waals surface area contributed by atoms with Gasteiger partial charge in [0.05, 0.1) is 13.7 Å². The molecule has 0 heterocycles. The predicted octanol–water partition coefficient (Wildman–Crippen LogP) is 3.06. The number of hydrogen-bond acceptors (Lipinski definition) is 3. The molecule has 1 atom stereocenters. The Kier molecular flexibility index (Phi) is 6.22. The number of rotatable bonds is 7. The van der Waals surface area contributed by atoms with Crippen molar-refractivity contribution in [1.29, 1.82) is 0 Å². The van der Waals surface area contributed by atoms with Gasteiger partial charge in [0.25, 0.3) is 0 Å². The fourth-order valence-electron chi connectivity index (χ4n) is 1.61. The van der Waals surface area contributed by atoms with Crippen LogP contribution in [0.3, 0.4) is 0 Å². The van der Waals surface area contributed by atoms with E-state index in [1.807, 2.05) is 0 Å². The normalized spacial score (nSPS) is 13.3. The second kappa shape index (κ2) is 7.44. The van der Waals surface area contributed by atoms with Crippen LogP contribution in [0.2, 0.25) is 0 Å². The van der Waals surface area contributed by atoms with Gasteiger partial charge in [-0.15, -0.1) is 0 Å². The van der Waals surface area contributed by atoms with E-state index < -0.39 is 18.6 Å². The molecule has 0 spiro atoms. The SMILES string of the molecule is COc1ccc(C(C)NCCOCC(F)(F)F)cc1F. The van der Waals surface area contributed by atoms with Gasteiger partial charge in [0, 0.05) is 12.6 Å². The summed E-state index contributed by atoms with van der Waals surface area (Å²) in [6, 6.07) is 4.32. The Labute approximate surface area is 114 Å². The van der Waals surface area contributed by atoms with Gasteiger partial charge in [0.1, 0.15) is 6.61 Å². The van der Waals surface area contributed by atoms with Gasteiger partial charge in [0.2, 0.25) is 0 Å². The maximum Gasteiger partial charge on any atom is 0.411 e. The first-order chi connectivity index (χ1) is 9.33. The van der Waals surface area contributed by atoms with Gasteiger partial charge in [-0.05, 0) is 24.6 Å². The Hall–Kier alpha value is -1.34. The molecule has 0 amide bonds. The third kappa shape index (κ3) is 5.75. The summed E-state index contributed by atoms with van der Waals surface area (Å²) in [6.07, 6.45) is -4.31. The molecule has 20 heavy (non-hydrogen) atoms. The monoisotopic (exact) mass is 295 g/mol. The van der Waals surface area contributed by atoms with Crippen LogP contribution in [0, 0.1) is 5.82 Å². The summed E-state index contributed by atoms with van der Waals surface area (Å²) in [5.74, 6) is -0.332. The fraction of sp³-hybridized carbons (Fsp3) is 0.538. The zero-order valence-electron chi connectivity index (χ0n) is 11.3. The van der Waals surface area contributed by atoms with Crippen molar-refractivity contribution < 1.29 is 27.0 Å². The molecule has 0 aliphatic rings. The molecule has 0 aliphatic heterocycles. The lowest BCUT2D eigenvalue weighted by atomic mass is 10.1. The van der Waals surface area contributed by atoms with Crippen LogP contribution in [0.5, 0.6) is 5.75 Å². The molecule has 1 N–H and O–H groups in total. The average molecular weight is 295 g/mol. The molecule has 1 unspecified atom stereocenters. The summed E-state index contributed by atoms with van der Waals surface area (Å²) >= 11 is 0. The van der Waals surface area contributed by atoms with Crippen LogP contribution in [0.4, 0.5) is 17.6 Å². The van der Waals surface area contributed by atoms with Gasteiger partial charge in [-0.2, -0.15) is 13.2 Å². The molecule has 0 saturated heterocycles. The zero-order chi connectivity index (χ0) is 15.2. The number of ether oxygens (including phenoxy) is 2. The van der Waals surface area contributed by atoms with E-state index in [1.165, 1.54) is 19.2 Å². The number of halogens is 4. The first-order valence-electron chi connectivity index (χ1n) is 6.05. The molecule has 7 heteroatoms. The van der Waals surface area contributed by atoms with Crippen LogP contribution in [0.15, 0.2) is 18.2 Å². The second-order valence-electron chi connectivity index (χ2n) is 4.24. The van der Waals surface area contributed by atoms with Crippen molar-refractivity contribution in [2.24, 2.45) is 0 Å². The molecule has 1 aromatic carbocycles. The van der Waals surface area contributed by atoms with Crippen molar-refractivity contribution in [2.75, 3.05) is 26.9 Å². The highest BCUT2D eigenvalue weighted by Gasteiger charge is 2.27. The first-order valence-corrected chi connectivity index (χ1v) is 6.05. The first kappa shape index (κ1) is 16.7. The van der Waals surface area contributed by atoms with E-state index in [0.29, 0.717) is 5.56 Å². The minimum absolute atomic E-state index is 0.0670. The van der Waals surface area contributed by atoms with Crippen molar-refractivity contribution in [2.45, 2.75) is 19.1 Å². The van der Waals surface area contributed by atoms with Crippen LogP contribution in [0.25, 0.3) is 0 Å². The fourth-order valence-corrected chi connectivity index (χ4v) is 1.61. The summed E-state index contributed by atoms with van der Waals surface area (Å²) in [7, 11) is 1.37. The van der Waals surface area contributed by atoms with Gasteiger partial charge in [-0.1, -0.05) is 6.07 Å². The van der Waals surface area contributed by atoms with Gasteiger partial charge in [0.15, 0.2) is 11.6 Å². The number of hydrogen-bond donors (Lipinski definition) is 1. The van der Waals surface area contributed by atoms with Crippen molar-refractivity contribution in [3.63, 3.8) is 0 Å². The average Bonchev–Trinajstić information content (AvgIpc) is 2.36. The Bertz CT molecular complexity index is 423. The summed E-state index contributed by atoms with van der Waals surface area (Å²) in [5.41, 5.74) is 0.680. The molecule has 114 valence electrons. The predicted molar refractivity (Wildman–Crippen MR) is 66.2 cm³/mol. The van der Waals surface area contributed by atoms with Gasteiger partial charge in [-0.25, -0.2) is 4.39 Å². The van der Waals surface area contributed by atoms with E-state index in [4.69, 9.17) is 4.74 Å². The highest BCUT2D eigenvalue weighted by Crippen LogP contribution is 2.21. The highest BCUT2D eigenvalue weighted by atomic mass is 19.4. The van der Waals surface area contributed by atoms with Crippen LogP contribution < -0.4 is 10.1 Å². The smallest absolute Gasteiger partial charge is 0.411 e. The summed E-state index contributed by atoms with van der Waals surface area (Å²) < 4.78 is 58.2. The molecular formula is C13H17F4NO2.